The minimum Gasteiger partial charge on any atom is -0.466 e. The number of hydrogen-bond donors (Lipinski definition) is 0. The van der Waals surface area contributed by atoms with Crippen molar-refractivity contribution in [3.8, 4) is 0 Å². The van der Waals surface area contributed by atoms with Crippen molar-refractivity contribution in [3.63, 3.8) is 0 Å². The van der Waals surface area contributed by atoms with Crippen molar-refractivity contribution in [1.29, 1.82) is 0 Å². The molecule has 1 aromatic rings. The van der Waals surface area contributed by atoms with Crippen LogP contribution in [0.5, 0.6) is 0 Å². The third kappa shape index (κ3) is 3.01. The van der Waals surface area contributed by atoms with E-state index in [0.29, 0.717) is 6.07 Å². The van der Waals surface area contributed by atoms with Gasteiger partial charge in [0.2, 0.25) is 0 Å². The van der Waals surface area contributed by atoms with Crippen LogP contribution in [-0.4, -0.2) is 18.4 Å². The van der Waals surface area contributed by atoms with Crippen molar-refractivity contribution >= 4 is 23.4 Å². The van der Waals surface area contributed by atoms with Crippen LogP contribution in [0, 0.1) is 17.5 Å². The predicted octanol–water partition coefficient (Wildman–Crippen LogP) is 2.89. The summed E-state index contributed by atoms with van der Waals surface area (Å²) in [5, 5.41) is -1.12. The van der Waals surface area contributed by atoms with Gasteiger partial charge in [-0.25, -0.2) is 13.2 Å². The van der Waals surface area contributed by atoms with E-state index < -0.39 is 46.2 Å². The lowest BCUT2D eigenvalue weighted by atomic mass is 10.1. The SMILES string of the molecule is CCOC(=O)CC(=O)c1cc(F)c(F)c(Cl)c1F. The van der Waals surface area contributed by atoms with Crippen LogP contribution in [0.3, 0.4) is 0 Å². The Morgan fingerprint density at radius 2 is 1.89 bits per heavy atom. The zero-order valence-corrected chi connectivity index (χ0v) is 9.98. The minimum absolute atomic E-state index is 0.0487. The Morgan fingerprint density at radius 3 is 2.44 bits per heavy atom. The molecule has 0 aliphatic heterocycles. The van der Waals surface area contributed by atoms with Crippen LogP contribution in [-0.2, 0) is 9.53 Å². The highest BCUT2D eigenvalue weighted by Crippen LogP contribution is 2.25. The van der Waals surface area contributed by atoms with Crippen LogP contribution in [0.2, 0.25) is 5.02 Å². The summed E-state index contributed by atoms with van der Waals surface area (Å²) >= 11 is 5.17. The van der Waals surface area contributed by atoms with Gasteiger partial charge in [-0.3, -0.25) is 9.59 Å². The summed E-state index contributed by atoms with van der Waals surface area (Å²) in [6.07, 6.45) is -0.772. The van der Waals surface area contributed by atoms with Gasteiger partial charge in [0, 0.05) is 0 Å². The lowest BCUT2D eigenvalue weighted by Crippen LogP contribution is -2.13. The lowest BCUT2D eigenvalue weighted by molar-refractivity contribution is -0.141. The average molecular weight is 281 g/mol. The Labute approximate surface area is 105 Å². The van der Waals surface area contributed by atoms with Crippen molar-refractivity contribution in [2.75, 3.05) is 6.61 Å². The van der Waals surface area contributed by atoms with Gasteiger partial charge in [-0.15, -0.1) is 0 Å². The van der Waals surface area contributed by atoms with Crippen LogP contribution in [0.25, 0.3) is 0 Å². The molecule has 0 aliphatic carbocycles. The van der Waals surface area contributed by atoms with Gasteiger partial charge in [0.05, 0.1) is 12.2 Å². The molecule has 0 aromatic heterocycles. The molecule has 0 saturated heterocycles. The van der Waals surface area contributed by atoms with Crippen molar-refractivity contribution < 1.29 is 27.5 Å². The van der Waals surface area contributed by atoms with Crippen LogP contribution in [0.15, 0.2) is 6.07 Å². The Hall–Kier alpha value is -1.56. The van der Waals surface area contributed by atoms with E-state index in [1.54, 1.807) is 0 Å². The molecular weight excluding hydrogens is 273 g/mol. The standard InChI is InChI=1S/C11H8ClF3O3/c1-2-18-8(17)4-7(16)5-3-6(13)11(15)9(12)10(5)14/h3H,2,4H2,1H3. The zero-order chi connectivity index (χ0) is 13.9. The Kier molecular flexibility index (Phi) is 4.72. The van der Waals surface area contributed by atoms with Crippen molar-refractivity contribution in [2.45, 2.75) is 13.3 Å². The van der Waals surface area contributed by atoms with Crippen LogP contribution < -0.4 is 0 Å². The molecule has 18 heavy (non-hydrogen) atoms. The van der Waals surface area contributed by atoms with E-state index in [-0.39, 0.29) is 6.61 Å². The summed E-state index contributed by atoms with van der Waals surface area (Å²) in [5.74, 6) is -6.37. The highest BCUT2D eigenvalue weighted by molar-refractivity contribution is 6.31. The first-order chi connectivity index (χ1) is 8.38. The maximum absolute atomic E-state index is 13.4. The van der Waals surface area contributed by atoms with Gasteiger partial charge in [-0.1, -0.05) is 11.6 Å². The second-order valence-corrected chi connectivity index (χ2v) is 3.63. The van der Waals surface area contributed by atoms with E-state index in [1.807, 2.05) is 0 Å². The number of ketones is 1. The molecule has 0 amide bonds. The fourth-order valence-corrected chi connectivity index (χ4v) is 1.41. The largest absolute Gasteiger partial charge is 0.466 e. The number of esters is 1. The molecule has 0 atom stereocenters. The summed E-state index contributed by atoms with van der Waals surface area (Å²) in [6, 6.07) is 0.359. The topological polar surface area (TPSA) is 43.4 Å². The molecule has 0 bridgehead atoms. The van der Waals surface area contributed by atoms with Crippen molar-refractivity contribution in [2.24, 2.45) is 0 Å². The predicted molar refractivity (Wildman–Crippen MR) is 56.9 cm³/mol. The van der Waals surface area contributed by atoms with E-state index >= 15 is 0 Å². The second kappa shape index (κ2) is 5.86. The Bertz CT molecular complexity index is 503. The van der Waals surface area contributed by atoms with E-state index in [4.69, 9.17) is 11.6 Å². The van der Waals surface area contributed by atoms with Gasteiger partial charge < -0.3 is 4.74 Å². The van der Waals surface area contributed by atoms with E-state index in [0.717, 1.165) is 0 Å². The average Bonchev–Trinajstić information content (AvgIpc) is 2.31. The number of benzene rings is 1. The molecule has 1 aromatic carbocycles. The maximum Gasteiger partial charge on any atom is 0.313 e. The molecule has 98 valence electrons. The van der Waals surface area contributed by atoms with E-state index in [9.17, 15) is 22.8 Å². The monoisotopic (exact) mass is 280 g/mol. The molecule has 0 fully saturated rings. The molecule has 0 heterocycles. The number of ether oxygens (including phenoxy) is 1. The number of halogens is 4. The third-order valence-electron chi connectivity index (χ3n) is 2.01. The van der Waals surface area contributed by atoms with Crippen LogP contribution >= 0.6 is 11.6 Å². The minimum atomic E-state index is -1.58. The third-order valence-corrected chi connectivity index (χ3v) is 2.35. The molecule has 7 heteroatoms. The molecule has 0 saturated carbocycles. The second-order valence-electron chi connectivity index (χ2n) is 3.25. The summed E-state index contributed by atoms with van der Waals surface area (Å²) in [6.45, 7) is 1.57. The molecule has 0 aliphatic rings. The number of carbonyl (C=O) groups is 2. The van der Waals surface area contributed by atoms with Gasteiger partial charge in [0.15, 0.2) is 23.2 Å². The van der Waals surface area contributed by atoms with E-state index in [1.165, 1.54) is 6.92 Å². The quantitative estimate of drug-likeness (QED) is 0.280. The van der Waals surface area contributed by atoms with Gasteiger partial charge in [-0.2, -0.15) is 0 Å². The maximum atomic E-state index is 13.4. The lowest BCUT2D eigenvalue weighted by Gasteiger charge is -2.05. The summed E-state index contributed by atoms with van der Waals surface area (Å²) < 4.78 is 43.7. The first-order valence-electron chi connectivity index (χ1n) is 4.90. The van der Waals surface area contributed by atoms with Gasteiger partial charge in [0.1, 0.15) is 11.4 Å². The number of carbonyl (C=O) groups excluding carboxylic acids is 2. The van der Waals surface area contributed by atoms with Gasteiger partial charge in [-0.05, 0) is 13.0 Å². The molecule has 0 spiro atoms. The number of rotatable bonds is 4. The number of hydrogen-bond acceptors (Lipinski definition) is 3. The highest BCUT2D eigenvalue weighted by atomic mass is 35.5. The van der Waals surface area contributed by atoms with Crippen LogP contribution in [0.4, 0.5) is 13.2 Å². The fourth-order valence-electron chi connectivity index (χ4n) is 1.21. The summed E-state index contributed by atoms with van der Waals surface area (Å²) in [7, 11) is 0. The van der Waals surface area contributed by atoms with Crippen LogP contribution in [0.1, 0.15) is 23.7 Å². The molecular formula is C11H8ClF3O3. The normalized spacial score (nSPS) is 10.3. The van der Waals surface area contributed by atoms with E-state index in [2.05, 4.69) is 4.74 Å². The van der Waals surface area contributed by atoms with Gasteiger partial charge in [0.25, 0.3) is 0 Å². The van der Waals surface area contributed by atoms with Crippen molar-refractivity contribution in [3.05, 3.63) is 34.1 Å². The Morgan fingerprint density at radius 1 is 1.28 bits per heavy atom. The fraction of sp³-hybridized carbons (Fsp3) is 0.273. The first kappa shape index (κ1) is 14.5. The summed E-state index contributed by atoms with van der Waals surface area (Å²) in [5.41, 5.74) is -0.785. The first-order valence-corrected chi connectivity index (χ1v) is 5.28. The zero-order valence-electron chi connectivity index (χ0n) is 9.23. The highest BCUT2D eigenvalue weighted by Gasteiger charge is 2.23. The molecule has 0 unspecified atom stereocenters. The smallest absolute Gasteiger partial charge is 0.313 e. The Balaban J connectivity index is 3.04. The van der Waals surface area contributed by atoms with Gasteiger partial charge >= 0.3 is 5.97 Å². The molecule has 3 nitrogen and oxygen atoms in total. The molecule has 1 rings (SSSR count). The summed E-state index contributed by atoms with van der Waals surface area (Å²) in [4.78, 5) is 22.5. The van der Waals surface area contributed by atoms with Crippen molar-refractivity contribution in [1.82, 2.24) is 0 Å². The number of Topliss-reactive ketones (excluding diaryl/α,β-unsaturated/α-hetero) is 1. The molecule has 0 N–H and O–H groups in total. The molecule has 0 radical (unpaired) electrons.